The maximum absolute atomic E-state index is 12.5. The van der Waals surface area contributed by atoms with Gasteiger partial charge in [-0.1, -0.05) is 5.16 Å². The third kappa shape index (κ3) is 5.55. The number of alkyl halides is 3. The molecule has 1 aromatic heterocycles. The first-order chi connectivity index (χ1) is 11.8. The molecule has 0 spiro atoms. The van der Waals surface area contributed by atoms with Crippen LogP contribution in [0.3, 0.4) is 0 Å². The van der Waals surface area contributed by atoms with E-state index in [0.29, 0.717) is 26.2 Å². The second-order valence-corrected chi connectivity index (χ2v) is 5.52. The Morgan fingerprint density at radius 2 is 1.96 bits per heavy atom. The molecule has 0 aromatic carbocycles. The number of hydrogen-bond donors (Lipinski definition) is 1. The van der Waals surface area contributed by atoms with Gasteiger partial charge in [0.25, 0.3) is 5.91 Å². The van der Waals surface area contributed by atoms with Crippen LogP contribution in [-0.2, 0) is 15.8 Å². The van der Waals surface area contributed by atoms with E-state index in [2.05, 4.69) is 15.1 Å². The van der Waals surface area contributed by atoms with Gasteiger partial charge in [-0.05, 0) is 6.92 Å². The van der Waals surface area contributed by atoms with Gasteiger partial charge in [0.05, 0.1) is 11.8 Å². The molecule has 0 saturated carbocycles. The molecule has 0 radical (unpaired) electrons. The Balaban J connectivity index is 1.82. The Labute approximate surface area is 142 Å². The summed E-state index contributed by atoms with van der Waals surface area (Å²) in [6.07, 6.45) is -1.57. The molecular formula is C14H19F3N6O2. The molecule has 1 aromatic rings. The molecule has 1 aliphatic rings. The molecule has 25 heavy (non-hydrogen) atoms. The van der Waals surface area contributed by atoms with Crippen molar-refractivity contribution in [2.75, 3.05) is 37.7 Å². The second-order valence-electron chi connectivity index (χ2n) is 5.52. The molecule has 2 heterocycles. The van der Waals surface area contributed by atoms with E-state index in [-0.39, 0.29) is 24.5 Å². The number of rotatable bonds is 5. The van der Waals surface area contributed by atoms with E-state index in [1.165, 1.54) is 6.21 Å². The molecule has 1 unspecified atom stereocenters. The van der Waals surface area contributed by atoms with E-state index in [1.54, 1.807) is 16.7 Å². The van der Waals surface area contributed by atoms with Crippen LogP contribution in [0.25, 0.3) is 0 Å². The van der Waals surface area contributed by atoms with Crippen molar-refractivity contribution >= 4 is 18.1 Å². The van der Waals surface area contributed by atoms with Crippen LogP contribution in [0, 0.1) is 0 Å². The quantitative estimate of drug-likeness (QED) is 0.606. The summed E-state index contributed by atoms with van der Waals surface area (Å²) in [6.45, 7) is 3.14. The zero-order chi connectivity index (χ0) is 18.4. The minimum absolute atomic E-state index is 0.194. The van der Waals surface area contributed by atoms with Crippen LogP contribution in [0.1, 0.15) is 12.5 Å². The van der Waals surface area contributed by atoms with Gasteiger partial charge in [0, 0.05) is 44.6 Å². The summed E-state index contributed by atoms with van der Waals surface area (Å²) < 4.78 is 37.5. The Morgan fingerprint density at radius 1 is 1.36 bits per heavy atom. The van der Waals surface area contributed by atoms with Crippen LogP contribution in [0.4, 0.5) is 19.1 Å². The number of anilines is 1. The van der Waals surface area contributed by atoms with Gasteiger partial charge >= 0.3 is 6.18 Å². The van der Waals surface area contributed by atoms with Crippen LogP contribution in [0.5, 0.6) is 0 Å². The van der Waals surface area contributed by atoms with Crippen LogP contribution in [0.2, 0.25) is 0 Å². The number of carbonyl (C=O) groups excluding carboxylic acids is 1. The fourth-order valence-corrected chi connectivity index (χ4v) is 2.11. The highest BCUT2D eigenvalue weighted by Gasteiger charge is 2.32. The van der Waals surface area contributed by atoms with Crippen molar-refractivity contribution in [3.8, 4) is 0 Å². The monoisotopic (exact) mass is 360 g/mol. The molecule has 8 nitrogen and oxygen atoms in total. The molecular weight excluding hydrogens is 341 g/mol. The SMILES string of the molecule is CC(N)C=NOCC(=O)N1CCN(c2ncc(C(F)(F)F)cn2)CC1. The van der Waals surface area contributed by atoms with Crippen molar-refractivity contribution in [3.05, 3.63) is 18.0 Å². The van der Waals surface area contributed by atoms with E-state index >= 15 is 0 Å². The topological polar surface area (TPSA) is 96.9 Å². The number of nitrogens with zero attached hydrogens (tertiary/aromatic N) is 5. The second kappa shape index (κ2) is 8.10. The molecule has 1 fully saturated rings. The van der Waals surface area contributed by atoms with Gasteiger partial charge in [-0.2, -0.15) is 13.2 Å². The summed E-state index contributed by atoms with van der Waals surface area (Å²) in [5, 5.41) is 3.58. The van der Waals surface area contributed by atoms with Gasteiger partial charge < -0.3 is 20.4 Å². The highest BCUT2D eigenvalue weighted by molar-refractivity contribution is 5.77. The normalized spacial score (nSPS) is 17.0. The molecule has 2 rings (SSSR count). The molecule has 1 saturated heterocycles. The van der Waals surface area contributed by atoms with Crippen molar-refractivity contribution in [2.45, 2.75) is 19.1 Å². The fraction of sp³-hybridized carbons (Fsp3) is 0.571. The number of piperazine rings is 1. The first kappa shape index (κ1) is 18.9. The number of halogens is 3. The van der Waals surface area contributed by atoms with E-state index in [1.807, 2.05) is 0 Å². The zero-order valence-electron chi connectivity index (χ0n) is 13.6. The minimum Gasteiger partial charge on any atom is -0.386 e. The van der Waals surface area contributed by atoms with Crippen molar-refractivity contribution < 1.29 is 22.8 Å². The predicted molar refractivity (Wildman–Crippen MR) is 83.9 cm³/mol. The maximum atomic E-state index is 12.5. The molecule has 1 atom stereocenters. The lowest BCUT2D eigenvalue weighted by Crippen LogP contribution is -2.50. The van der Waals surface area contributed by atoms with Gasteiger partial charge in [-0.3, -0.25) is 4.79 Å². The number of amides is 1. The van der Waals surface area contributed by atoms with Gasteiger partial charge in [-0.25, -0.2) is 9.97 Å². The number of aromatic nitrogens is 2. The summed E-state index contributed by atoms with van der Waals surface area (Å²) in [5.74, 6) is -0.0207. The first-order valence-corrected chi connectivity index (χ1v) is 7.60. The molecule has 0 bridgehead atoms. The third-order valence-electron chi connectivity index (χ3n) is 3.44. The largest absolute Gasteiger partial charge is 0.419 e. The van der Waals surface area contributed by atoms with Crippen molar-refractivity contribution in [2.24, 2.45) is 10.9 Å². The number of carbonyl (C=O) groups is 1. The Hall–Kier alpha value is -2.43. The van der Waals surface area contributed by atoms with E-state index < -0.39 is 11.7 Å². The van der Waals surface area contributed by atoms with Crippen molar-refractivity contribution in [1.29, 1.82) is 0 Å². The van der Waals surface area contributed by atoms with Crippen molar-refractivity contribution in [1.82, 2.24) is 14.9 Å². The minimum atomic E-state index is -4.46. The summed E-state index contributed by atoms with van der Waals surface area (Å²) in [7, 11) is 0. The lowest BCUT2D eigenvalue weighted by atomic mass is 10.3. The standard InChI is InChI=1S/C14H19F3N6O2/c1-10(18)6-21-25-9-12(24)22-2-4-23(5-3-22)13-19-7-11(8-20-13)14(15,16)17/h6-8,10H,2-5,9,18H2,1H3. The average Bonchev–Trinajstić information content (AvgIpc) is 2.58. The van der Waals surface area contributed by atoms with Crippen LogP contribution >= 0.6 is 0 Å². The molecule has 11 heteroatoms. The molecule has 2 N–H and O–H groups in total. The molecule has 1 aliphatic heterocycles. The van der Waals surface area contributed by atoms with Crippen LogP contribution in [-0.4, -0.2) is 65.8 Å². The summed E-state index contributed by atoms with van der Waals surface area (Å²) >= 11 is 0. The predicted octanol–water partition coefficient (Wildman–Crippen LogP) is 0.494. The van der Waals surface area contributed by atoms with Crippen LogP contribution in [0.15, 0.2) is 17.5 Å². The third-order valence-corrected chi connectivity index (χ3v) is 3.44. The summed E-state index contributed by atoms with van der Waals surface area (Å²) in [4.78, 5) is 27.6. The van der Waals surface area contributed by atoms with Crippen molar-refractivity contribution in [3.63, 3.8) is 0 Å². The Bertz CT molecular complexity index is 598. The van der Waals surface area contributed by atoms with Gasteiger partial charge in [-0.15, -0.1) is 0 Å². The Kier molecular flexibility index (Phi) is 6.12. The Morgan fingerprint density at radius 3 is 2.48 bits per heavy atom. The zero-order valence-corrected chi connectivity index (χ0v) is 13.6. The lowest BCUT2D eigenvalue weighted by Gasteiger charge is -2.34. The maximum Gasteiger partial charge on any atom is 0.419 e. The van der Waals surface area contributed by atoms with Crippen LogP contribution < -0.4 is 10.6 Å². The van der Waals surface area contributed by atoms with Gasteiger partial charge in [0.1, 0.15) is 0 Å². The number of oxime groups is 1. The van der Waals surface area contributed by atoms with Gasteiger partial charge in [0.15, 0.2) is 6.61 Å². The summed E-state index contributed by atoms with van der Waals surface area (Å²) in [6, 6.07) is -0.262. The molecule has 138 valence electrons. The fourth-order valence-electron chi connectivity index (χ4n) is 2.11. The molecule has 1 amide bonds. The molecule has 0 aliphatic carbocycles. The first-order valence-electron chi connectivity index (χ1n) is 7.60. The highest BCUT2D eigenvalue weighted by atomic mass is 19.4. The van der Waals surface area contributed by atoms with E-state index in [4.69, 9.17) is 10.6 Å². The average molecular weight is 360 g/mol. The summed E-state index contributed by atoms with van der Waals surface area (Å²) in [5.41, 5.74) is 4.56. The number of nitrogens with two attached hydrogens (primary N) is 1. The van der Waals surface area contributed by atoms with Gasteiger partial charge in [0.2, 0.25) is 5.95 Å². The smallest absolute Gasteiger partial charge is 0.386 e. The van der Waals surface area contributed by atoms with E-state index in [0.717, 1.165) is 12.4 Å². The lowest BCUT2D eigenvalue weighted by molar-refractivity contribution is -0.138. The number of hydrogen-bond acceptors (Lipinski definition) is 7. The van der Waals surface area contributed by atoms with E-state index in [9.17, 15) is 18.0 Å². The highest BCUT2D eigenvalue weighted by Crippen LogP contribution is 2.28.